The fraction of sp³-hybridized carbons (Fsp3) is 1.00. The number of hydrogen-bond donors (Lipinski definition) is 2. The number of ether oxygens (including phenoxy) is 1. The third kappa shape index (κ3) is 3.42. The zero-order valence-electron chi connectivity index (χ0n) is 10.6. The Kier molecular flexibility index (Phi) is 5.18. The summed E-state index contributed by atoms with van der Waals surface area (Å²) in [6.45, 7) is 6.81. The number of methoxy groups -OCH3 is 1. The molecule has 0 aliphatic carbocycles. The molecular formula is C12H25NO3. The van der Waals surface area contributed by atoms with Crippen molar-refractivity contribution in [2.75, 3.05) is 40.0 Å². The molecule has 1 aliphatic rings. The topological polar surface area (TPSA) is 52.9 Å². The van der Waals surface area contributed by atoms with Crippen LogP contribution in [0.25, 0.3) is 0 Å². The van der Waals surface area contributed by atoms with E-state index in [4.69, 9.17) is 4.74 Å². The summed E-state index contributed by atoms with van der Waals surface area (Å²) in [7, 11) is 1.75. The molecular weight excluding hydrogens is 206 g/mol. The van der Waals surface area contributed by atoms with Gasteiger partial charge in [-0.25, -0.2) is 0 Å². The predicted octanol–water partition coefficient (Wildman–Crippen LogP) is 0.334. The number of hydrogen-bond acceptors (Lipinski definition) is 4. The number of rotatable bonds is 5. The molecule has 4 heteroatoms. The van der Waals surface area contributed by atoms with Crippen molar-refractivity contribution in [3.8, 4) is 0 Å². The third-order valence-electron chi connectivity index (χ3n) is 3.65. The van der Waals surface area contributed by atoms with E-state index in [9.17, 15) is 10.2 Å². The second-order valence-corrected chi connectivity index (χ2v) is 5.40. The third-order valence-corrected chi connectivity index (χ3v) is 3.65. The lowest BCUT2D eigenvalue weighted by molar-refractivity contribution is -0.0327. The number of aliphatic hydroxyl groups excluding tert-OH is 2. The van der Waals surface area contributed by atoms with Crippen LogP contribution in [0.2, 0.25) is 0 Å². The van der Waals surface area contributed by atoms with Crippen molar-refractivity contribution in [1.82, 2.24) is 4.90 Å². The van der Waals surface area contributed by atoms with Gasteiger partial charge in [-0.05, 0) is 18.9 Å². The average molecular weight is 231 g/mol. The van der Waals surface area contributed by atoms with Crippen LogP contribution in [-0.4, -0.2) is 61.2 Å². The zero-order valence-corrected chi connectivity index (χ0v) is 10.6. The smallest absolute Gasteiger partial charge is 0.0724 e. The molecule has 1 saturated heterocycles. The molecule has 0 aromatic rings. The summed E-state index contributed by atoms with van der Waals surface area (Å²) in [6, 6.07) is 0. The quantitative estimate of drug-likeness (QED) is 0.716. The molecule has 2 unspecified atom stereocenters. The van der Waals surface area contributed by atoms with Gasteiger partial charge in [-0.15, -0.1) is 0 Å². The lowest BCUT2D eigenvalue weighted by atomic mass is 9.89. The molecule has 0 aromatic carbocycles. The van der Waals surface area contributed by atoms with E-state index >= 15 is 0 Å². The van der Waals surface area contributed by atoms with Crippen LogP contribution in [0.5, 0.6) is 0 Å². The maximum Gasteiger partial charge on any atom is 0.0724 e. The van der Waals surface area contributed by atoms with Gasteiger partial charge in [0.25, 0.3) is 0 Å². The van der Waals surface area contributed by atoms with Crippen molar-refractivity contribution >= 4 is 0 Å². The van der Waals surface area contributed by atoms with Crippen molar-refractivity contribution in [2.45, 2.75) is 26.4 Å². The summed E-state index contributed by atoms with van der Waals surface area (Å²) in [4.78, 5) is 2.28. The standard InChI is InChI=1S/C12H25NO3/c1-10-4-5-13(6-11(10)16-3)7-12(2,8-14)9-15/h10-11,14-15H,4-9H2,1-3H3. The minimum absolute atomic E-state index is 0.0210. The molecule has 4 nitrogen and oxygen atoms in total. The molecule has 1 aliphatic heterocycles. The highest BCUT2D eigenvalue weighted by Gasteiger charge is 2.31. The van der Waals surface area contributed by atoms with E-state index < -0.39 is 5.41 Å². The normalized spacial score (nSPS) is 28.3. The second kappa shape index (κ2) is 5.96. The van der Waals surface area contributed by atoms with E-state index in [0.29, 0.717) is 5.92 Å². The number of aliphatic hydroxyl groups is 2. The molecule has 2 N–H and O–H groups in total. The molecule has 0 saturated carbocycles. The van der Waals surface area contributed by atoms with E-state index in [0.717, 1.165) is 26.1 Å². The van der Waals surface area contributed by atoms with Crippen LogP contribution in [0.4, 0.5) is 0 Å². The fourth-order valence-electron chi connectivity index (χ4n) is 2.24. The minimum atomic E-state index is -0.404. The average Bonchev–Trinajstić information content (AvgIpc) is 2.31. The highest BCUT2D eigenvalue weighted by Crippen LogP contribution is 2.23. The number of piperidine rings is 1. The molecule has 2 atom stereocenters. The van der Waals surface area contributed by atoms with Gasteiger partial charge in [0.05, 0.1) is 19.3 Å². The zero-order chi connectivity index (χ0) is 12.2. The maximum absolute atomic E-state index is 9.27. The van der Waals surface area contributed by atoms with E-state index in [2.05, 4.69) is 11.8 Å². The van der Waals surface area contributed by atoms with E-state index in [1.54, 1.807) is 7.11 Å². The monoisotopic (exact) mass is 231 g/mol. The molecule has 0 aromatic heterocycles. The van der Waals surface area contributed by atoms with Gasteiger partial charge in [0.15, 0.2) is 0 Å². The first-order valence-corrected chi connectivity index (χ1v) is 6.01. The molecule has 0 spiro atoms. The van der Waals surface area contributed by atoms with Crippen molar-refractivity contribution < 1.29 is 14.9 Å². The summed E-state index contributed by atoms with van der Waals surface area (Å²) in [5.74, 6) is 0.593. The van der Waals surface area contributed by atoms with Crippen LogP contribution in [0, 0.1) is 11.3 Å². The van der Waals surface area contributed by atoms with Crippen molar-refractivity contribution in [3.63, 3.8) is 0 Å². The van der Waals surface area contributed by atoms with Gasteiger partial charge in [-0.3, -0.25) is 0 Å². The molecule has 16 heavy (non-hydrogen) atoms. The van der Waals surface area contributed by atoms with Crippen LogP contribution in [0.15, 0.2) is 0 Å². The van der Waals surface area contributed by atoms with Crippen LogP contribution >= 0.6 is 0 Å². The Bertz CT molecular complexity index is 206. The Labute approximate surface area is 98.2 Å². The minimum Gasteiger partial charge on any atom is -0.396 e. The highest BCUT2D eigenvalue weighted by molar-refractivity contribution is 4.83. The molecule has 0 amide bonds. The number of nitrogens with zero attached hydrogens (tertiary/aromatic N) is 1. The van der Waals surface area contributed by atoms with Gasteiger partial charge in [0, 0.05) is 25.6 Å². The maximum atomic E-state index is 9.27. The van der Waals surface area contributed by atoms with Crippen LogP contribution in [0.1, 0.15) is 20.3 Å². The molecule has 1 fully saturated rings. The SMILES string of the molecule is COC1CN(CC(C)(CO)CO)CCC1C. The van der Waals surface area contributed by atoms with Crippen molar-refractivity contribution in [2.24, 2.45) is 11.3 Å². The lowest BCUT2D eigenvalue weighted by Crippen LogP contribution is -2.49. The van der Waals surface area contributed by atoms with Gasteiger partial charge in [-0.2, -0.15) is 0 Å². The Morgan fingerprint density at radius 2 is 2.00 bits per heavy atom. The molecule has 1 rings (SSSR count). The van der Waals surface area contributed by atoms with Crippen molar-refractivity contribution in [1.29, 1.82) is 0 Å². The predicted molar refractivity (Wildman–Crippen MR) is 63.3 cm³/mol. The highest BCUT2D eigenvalue weighted by atomic mass is 16.5. The summed E-state index contributed by atoms with van der Waals surface area (Å²) < 4.78 is 5.45. The summed E-state index contributed by atoms with van der Waals surface area (Å²) in [6.07, 6.45) is 1.39. The van der Waals surface area contributed by atoms with Gasteiger partial charge in [0.2, 0.25) is 0 Å². The van der Waals surface area contributed by atoms with Gasteiger partial charge in [0.1, 0.15) is 0 Å². The van der Waals surface area contributed by atoms with Gasteiger partial charge >= 0.3 is 0 Å². The van der Waals surface area contributed by atoms with E-state index in [-0.39, 0.29) is 19.3 Å². The Hall–Kier alpha value is -0.160. The van der Waals surface area contributed by atoms with Crippen LogP contribution in [0.3, 0.4) is 0 Å². The summed E-state index contributed by atoms with van der Waals surface area (Å²) >= 11 is 0. The van der Waals surface area contributed by atoms with Crippen LogP contribution in [-0.2, 0) is 4.74 Å². The van der Waals surface area contributed by atoms with Gasteiger partial charge < -0.3 is 19.8 Å². The summed E-state index contributed by atoms with van der Waals surface area (Å²) in [5, 5.41) is 18.5. The van der Waals surface area contributed by atoms with E-state index in [1.807, 2.05) is 6.92 Å². The molecule has 0 radical (unpaired) electrons. The second-order valence-electron chi connectivity index (χ2n) is 5.40. The Morgan fingerprint density at radius 3 is 2.50 bits per heavy atom. The fourth-order valence-corrected chi connectivity index (χ4v) is 2.24. The molecule has 96 valence electrons. The Morgan fingerprint density at radius 1 is 1.38 bits per heavy atom. The van der Waals surface area contributed by atoms with Gasteiger partial charge in [-0.1, -0.05) is 13.8 Å². The van der Waals surface area contributed by atoms with Crippen LogP contribution < -0.4 is 0 Å². The first-order chi connectivity index (χ1) is 7.54. The summed E-state index contributed by atoms with van der Waals surface area (Å²) in [5.41, 5.74) is -0.404. The van der Waals surface area contributed by atoms with E-state index in [1.165, 1.54) is 0 Å². The van der Waals surface area contributed by atoms with Crippen molar-refractivity contribution in [3.05, 3.63) is 0 Å². The number of likely N-dealkylation sites (tertiary alicyclic amines) is 1. The first-order valence-electron chi connectivity index (χ1n) is 6.01. The first kappa shape index (κ1) is 13.9. The lowest BCUT2D eigenvalue weighted by Gasteiger charge is -2.40. The largest absolute Gasteiger partial charge is 0.396 e. The Balaban J connectivity index is 2.49. The molecule has 0 bridgehead atoms. The molecule has 1 heterocycles.